The van der Waals surface area contributed by atoms with Gasteiger partial charge >= 0.3 is 6.09 Å². The van der Waals surface area contributed by atoms with Gasteiger partial charge in [0.25, 0.3) is 5.56 Å². The molecular weight excluding hydrogens is 681 g/mol. The van der Waals surface area contributed by atoms with E-state index in [2.05, 4.69) is 15.3 Å². The average Bonchev–Trinajstić information content (AvgIpc) is 3.49. The van der Waals surface area contributed by atoms with Crippen LogP contribution < -0.4 is 15.6 Å². The minimum Gasteiger partial charge on any atom is -0.481 e. The largest absolute Gasteiger partial charge is 0.481 e. The highest BCUT2D eigenvalue weighted by Crippen LogP contribution is 2.42. The number of carboxylic acid groups (broad SMARTS) is 1. The first-order valence-corrected chi connectivity index (χ1v) is 15.9. The maximum Gasteiger partial charge on any atom is 0.407 e. The summed E-state index contributed by atoms with van der Waals surface area (Å²) in [6, 6.07) is 17.7. The molecule has 1 unspecified atom stereocenters. The first kappa shape index (κ1) is 33.2. The molecule has 2 amide bonds. The zero-order chi connectivity index (χ0) is 34.1. The van der Waals surface area contributed by atoms with Crippen molar-refractivity contribution in [2.24, 2.45) is 0 Å². The van der Waals surface area contributed by atoms with Gasteiger partial charge in [0.05, 0.1) is 41.6 Å². The zero-order valence-corrected chi connectivity index (χ0v) is 27.7. The Morgan fingerprint density at radius 1 is 1.00 bits per heavy atom. The highest BCUT2D eigenvalue weighted by atomic mass is 35.5. The van der Waals surface area contributed by atoms with E-state index in [-0.39, 0.29) is 41.6 Å². The van der Waals surface area contributed by atoms with Gasteiger partial charge in [-0.25, -0.2) is 14.8 Å². The SMILES string of the molecule is COc1nc(-c2cccc(-c3cccc(-c4ccn5c(=O)c(CO)c(Cl)nc5c4)c3Cl)c2Cl)ccc1CN(CC1CCC(=O)N1)C(=O)O. The number of hydrogen-bond acceptors (Lipinski definition) is 7. The van der Waals surface area contributed by atoms with E-state index in [9.17, 15) is 24.6 Å². The quantitative estimate of drug-likeness (QED) is 0.151. The van der Waals surface area contributed by atoms with Crippen molar-refractivity contribution in [3.05, 3.63) is 104 Å². The molecule has 48 heavy (non-hydrogen) atoms. The van der Waals surface area contributed by atoms with Crippen molar-refractivity contribution in [3.63, 3.8) is 0 Å². The molecule has 0 bridgehead atoms. The van der Waals surface area contributed by atoms with Crippen molar-refractivity contribution in [3.8, 4) is 39.4 Å². The summed E-state index contributed by atoms with van der Waals surface area (Å²) in [4.78, 5) is 46.5. The van der Waals surface area contributed by atoms with Gasteiger partial charge in [-0.1, -0.05) is 71.2 Å². The smallest absolute Gasteiger partial charge is 0.407 e. The highest BCUT2D eigenvalue weighted by Gasteiger charge is 2.26. The molecule has 0 radical (unpaired) electrons. The Balaban J connectivity index is 1.32. The lowest BCUT2D eigenvalue weighted by molar-refractivity contribution is -0.119. The van der Waals surface area contributed by atoms with Gasteiger partial charge in [0.15, 0.2) is 0 Å². The topological polar surface area (TPSA) is 146 Å². The number of halogens is 3. The number of carbonyl (C=O) groups excluding carboxylic acids is 1. The fraction of sp³-hybridized carbons (Fsp3) is 0.206. The number of pyridine rings is 2. The molecule has 2 aromatic carbocycles. The van der Waals surface area contributed by atoms with E-state index in [1.165, 1.54) is 16.4 Å². The van der Waals surface area contributed by atoms with Crippen LogP contribution in [0.5, 0.6) is 5.88 Å². The van der Waals surface area contributed by atoms with Gasteiger partial charge in [-0.15, -0.1) is 0 Å². The van der Waals surface area contributed by atoms with Gasteiger partial charge in [0.2, 0.25) is 11.8 Å². The third-order valence-corrected chi connectivity index (χ3v) is 9.32. The number of hydrogen-bond donors (Lipinski definition) is 3. The summed E-state index contributed by atoms with van der Waals surface area (Å²) in [5.74, 6) is 0.152. The maximum atomic E-state index is 12.7. The molecule has 6 rings (SSSR count). The average molecular weight is 709 g/mol. The van der Waals surface area contributed by atoms with Crippen LogP contribution in [0, 0.1) is 0 Å². The number of nitrogens with zero attached hydrogens (tertiary/aromatic N) is 4. The van der Waals surface area contributed by atoms with Crippen LogP contribution in [0.15, 0.2) is 71.7 Å². The lowest BCUT2D eigenvalue weighted by Gasteiger charge is -2.23. The lowest BCUT2D eigenvalue weighted by atomic mass is 9.97. The fourth-order valence-electron chi connectivity index (χ4n) is 5.76. The van der Waals surface area contributed by atoms with Crippen molar-refractivity contribution < 1.29 is 24.5 Å². The van der Waals surface area contributed by atoms with Gasteiger partial charge in [-0.2, -0.15) is 0 Å². The summed E-state index contributed by atoms with van der Waals surface area (Å²) in [6.45, 7) is -0.366. The third-order valence-electron chi connectivity index (χ3n) is 8.20. The second-order valence-corrected chi connectivity index (χ2v) is 12.3. The molecule has 14 heteroatoms. The Morgan fingerprint density at radius 3 is 2.33 bits per heavy atom. The molecule has 246 valence electrons. The second kappa shape index (κ2) is 13.8. The first-order chi connectivity index (χ1) is 23.1. The molecule has 1 saturated heterocycles. The number of carbonyl (C=O) groups is 2. The summed E-state index contributed by atoms with van der Waals surface area (Å²) in [5, 5.41) is 22.9. The molecule has 4 heterocycles. The number of aromatic nitrogens is 3. The van der Waals surface area contributed by atoms with Crippen molar-refractivity contribution in [1.82, 2.24) is 24.6 Å². The zero-order valence-electron chi connectivity index (χ0n) is 25.4. The Hall–Kier alpha value is -4.68. The Kier molecular flexibility index (Phi) is 9.56. The van der Waals surface area contributed by atoms with E-state index in [0.717, 1.165) is 0 Å². The van der Waals surface area contributed by atoms with Gasteiger partial charge in [-0.05, 0) is 36.2 Å². The van der Waals surface area contributed by atoms with Crippen LogP contribution in [0.2, 0.25) is 15.2 Å². The van der Waals surface area contributed by atoms with Crippen LogP contribution in [0.1, 0.15) is 24.0 Å². The number of amides is 2. The van der Waals surface area contributed by atoms with Crippen LogP contribution in [0.4, 0.5) is 4.79 Å². The Bertz CT molecular complexity index is 2140. The van der Waals surface area contributed by atoms with Gasteiger partial charge in [0, 0.05) is 53.0 Å². The molecule has 1 atom stereocenters. The number of aliphatic hydroxyl groups is 1. The number of benzene rings is 2. The number of rotatable bonds is 9. The van der Waals surface area contributed by atoms with E-state index in [1.807, 2.05) is 36.4 Å². The molecule has 0 saturated carbocycles. The maximum absolute atomic E-state index is 12.7. The fourth-order valence-corrected chi connectivity index (χ4v) is 6.65. The molecule has 11 nitrogen and oxygen atoms in total. The molecule has 0 aliphatic carbocycles. The number of methoxy groups -OCH3 is 1. The molecular formula is C34H28Cl3N5O6. The van der Waals surface area contributed by atoms with Crippen molar-refractivity contribution in [2.75, 3.05) is 13.7 Å². The van der Waals surface area contributed by atoms with Crippen LogP contribution in [-0.4, -0.2) is 61.2 Å². The van der Waals surface area contributed by atoms with E-state index in [1.54, 1.807) is 30.5 Å². The summed E-state index contributed by atoms with van der Waals surface area (Å²) in [7, 11) is 1.46. The lowest BCUT2D eigenvalue weighted by Crippen LogP contribution is -2.41. The van der Waals surface area contributed by atoms with E-state index in [4.69, 9.17) is 39.5 Å². The van der Waals surface area contributed by atoms with Crippen LogP contribution in [-0.2, 0) is 17.9 Å². The predicted molar refractivity (Wildman–Crippen MR) is 183 cm³/mol. The van der Waals surface area contributed by atoms with E-state index >= 15 is 0 Å². The highest BCUT2D eigenvalue weighted by molar-refractivity contribution is 6.39. The third kappa shape index (κ3) is 6.42. The molecule has 3 N–H and O–H groups in total. The van der Waals surface area contributed by atoms with Crippen molar-refractivity contribution in [2.45, 2.75) is 32.0 Å². The predicted octanol–water partition coefficient (Wildman–Crippen LogP) is 6.31. The number of fused-ring (bicyclic) bond motifs is 1. The van der Waals surface area contributed by atoms with E-state index in [0.29, 0.717) is 67.6 Å². The molecule has 1 aliphatic heterocycles. The Morgan fingerprint density at radius 2 is 1.69 bits per heavy atom. The molecule has 3 aromatic heterocycles. The Labute approximate surface area is 289 Å². The summed E-state index contributed by atoms with van der Waals surface area (Å²) >= 11 is 20.2. The van der Waals surface area contributed by atoms with Gasteiger partial charge in [0.1, 0.15) is 10.8 Å². The van der Waals surface area contributed by atoms with Gasteiger partial charge in [-0.3, -0.25) is 14.0 Å². The minimum atomic E-state index is -1.12. The molecule has 0 spiro atoms. The summed E-state index contributed by atoms with van der Waals surface area (Å²) in [6.07, 6.45) is 1.38. The number of aliphatic hydroxyl groups excluding tert-OH is 1. The van der Waals surface area contributed by atoms with Crippen molar-refractivity contribution >= 4 is 52.5 Å². The molecule has 5 aromatic rings. The normalized spacial score (nSPS) is 14.3. The first-order valence-electron chi connectivity index (χ1n) is 14.8. The van der Waals surface area contributed by atoms with Gasteiger partial charge < -0.3 is 25.2 Å². The van der Waals surface area contributed by atoms with Crippen LogP contribution in [0.25, 0.3) is 39.2 Å². The van der Waals surface area contributed by atoms with Crippen LogP contribution >= 0.6 is 34.8 Å². The second-order valence-electron chi connectivity index (χ2n) is 11.2. The van der Waals surface area contributed by atoms with E-state index < -0.39 is 18.3 Å². The van der Waals surface area contributed by atoms with Crippen LogP contribution in [0.3, 0.4) is 0 Å². The molecule has 1 fully saturated rings. The van der Waals surface area contributed by atoms with Crippen molar-refractivity contribution in [1.29, 1.82) is 0 Å². The molecule has 1 aliphatic rings. The minimum absolute atomic E-state index is 0.0102. The standard InChI is InChI=1S/C34H28Cl3N5O6/c1-48-32-19(15-41(34(46)47)16-20-9-11-28(44)38-20)8-10-26(39-32)24-7-3-6-23(30(24)36)22-5-2-4-21(29(22)35)18-12-13-42-27(14-18)40-31(37)25(17-43)33(42)45/h2-8,10,12-14,20,43H,9,11,15-17H2,1H3,(H,38,44)(H,46,47). The summed E-state index contributed by atoms with van der Waals surface area (Å²) < 4.78 is 6.87. The number of ether oxygens (including phenoxy) is 1. The number of nitrogens with one attached hydrogen (secondary N) is 1. The summed E-state index contributed by atoms with van der Waals surface area (Å²) in [5.41, 5.74) is 4.15. The monoisotopic (exact) mass is 707 g/mol.